The van der Waals surface area contributed by atoms with Crippen LogP contribution in [0.4, 0.5) is 0 Å². The zero-order valence-electron chi connectivity index (χ0n) is 9.67. The lowest BCUT2D eigenvalue weighted by Gasteiger charge is -2.47. The third-order valence-electron chi connectivity index (χ3n) is 4.61. The molecule has 1 unspecified atom stereocenters. The number of aliphatic hydroxyl groups is 1. The summed E-state index contributed by atoms with van der Waals surface area (Å²) < 4.78 is 5.36. The molecule has 0 aromatic carbocycles. The van der Waals surface area contributed by atoms with Crippen molar-refractivity contribution < 1.29 is 9.84 Å². The molecule has 1 saturated carbocycles. The topological polar surface area (TPSA) is 55.5 Å². The lowest BCUT2D eigenvalue weighted by molar-refractivity contribution is -0.104. The van der Waals surface area contributed by atoms with E-state index in [2.05, 4.69) is 6.92 Å². The maximum atomic E-state index is 10.6. The summed E-state index contributed by atoms with van der Waals surface area (Å²) in [6.07, 6.45) is 5.27. The smallest absolute Gasteiger partial charge is 0.0969 e. The van der Waals surface area contributed by atoms with E-state index in [-0.39, 0.29) is 5.41 Å². The summed E-state index contributed by atoms with van der Waals surface area (Å²) in [6.45, 7) is 4.06. The normalized spacial score (nSPS) is 47.0. The van der Waals surface area contributed by atoms with Crippen molar-refractivity contribution in [2.75, 3.05) is 19.8 Å². The van der Waals surface area contributed by atoms with E-state index in [0.29, 0.717) is 19.8 Å². The van der Waals surface area contributed by atoms with Gasteiger partial charge in [0.05, 0.1) is 12.2 Å². The standard InChI is InChI=1S/C12H23NO2/c1-10-2-4-11(8-13,5-3-10)12(14)6-7-15-9-12/h10,14H,2-9,13H2,1H3. The Balaban J connectivity index is 2.14. The van der Waals surface area contributed by atoms with Crippen LogP contribution in [-0.2, 0) is 4.74 Å². The van der Waals surface area contributed by atoms with Gasteiger partial charge in [-0.1, -0.05) is 19.8 Å². The minimum absolute atomic E-state index is 0.0734. The van der Waals surface area contributed by atoms with E-state index < -0.39 is 5.60 Å². The minimum Gasteiger partial charge on any atom is -0.387 e. The van der Waals surface area contributed by atoms with Crippen LogP contribution in [0.2, 0.25) is 0 Å². The molecule has 88 valence electrons. The van der Waals surface area contributed by atoms with E-state index >= 15 is 0 Å². The van der Waals surface area contributed by atoms with Crippen LogP contribution in [0.1, 0.15) is 39.0 Å². The monoisotopic (exact) mass is 213 g/mol. The largest absolute Gasteiger partial charge is 0.387 e. The quantitative estimate of drug-likeness (QED) is 0.727. The van der Waals surface area contributed by atoms with Crippen LogP contribution < -0.4 is 5.73 Å². The van der Waals surface area contributed by atoms with Crippen LogP contribution in [0.5, 0.6) is 0 Å². The van der Waals surface area contributed by atoms with Crippen LogP contribution in [-0.4, -0.2) is 30.5 Å². The number of hydrogen-bond acceptors (Lipinski definition) is 3. The van der Waals surface area contributed by atoms with Crippen LogP contribution in [0.15, 0.2) is 0 Å². The highest BCUT2D eigenvalue weighted by atomic mass is 16.5. The number of nitrogens with two attached hydrogens (primary N) is 1. The second-order valence-corrected chi connectivity index (χ2v) is 5.50. The summed E-state index contributed by atoms with van der Waals surface area (Å²) in [5.74, 6) is 0.788. The van der Waals surface area contributed by atoms with E-state index in [4.69, 9.17) is 10.5 Å². The molecular formula is C12H23NO2. The minimum atomic E-state index is -0.651. The molecule has 1 aliphatic heterocycles. The molecule has 0 bridgehead atoms. The Morgan fingerprint density at radius 1 is 1.33 bits per heavy atom. The lowest BCUT2D eigenvalue weighted by atomic mass is 9.61. The molecule has 1 atom stereocenters. The first-order valence-electron chi connectivity index (χ1n) is 6.12. The second-order valence-electron chi connectivity index (χ2n) is 5.50. The molecule has 0 spiro atoms. The van der Waals surface area contributed by atoms with Crippen molar-refractivity contribution in [1.29, 1.82) is 0 Å². The predicted molar refractivity (Wildman–Crippen MR) is 59.5 cm³/mol. The van der Waals surface area contributed by atoms with Gasteiger partial charge >= 0.3 is 0 Å². The molecule has 15 heavy (non-hydrogen) atoms. The van der Waals surface area contributed by atoms with Crippen molar-refractivity contribution in [3.8, 4) is 0 Å². The zero-order valence-corrected chi connectivity index (χ0v) is 9.67. The highest BCUT2D eigenvalue weighted by Gasteiger charge is 2.52. The molecule has 0 aromatic heterocycles. The summed E-state index contributed by atoms with van der Waals surface area (Å²) in [4.78, 5) is 0. The van der Waals surface area contributed by atoms with Gasteiger partial charge in [-0.3, -0.25) is 0 Å². The Bertz CT molecular complexity index is 216. The van der Waals surface area contributed by atoms with Gasteiger partial charge in [0.2, 0.25) is 0 Å². The highest BCUT2D eigenvalue weighted by Crippen LogP contribution is 2.48. The van der Waals surface area contributed by atoms with Gasteiger partial charge in [-0.2, -0.15) is 0 Å². The first-order valence-corrected chi connectivity index (χ1v) is 6.12. The molecule has 2 rings (SSSR count). The number of rotatable bonds is 2. The maximum absolute atomic E-state index is 10.6. The Hall–Kier alpha value is -0.120. The summed E-state index contributed by atoms with van der Waals surface area (Å²) in [5, 5.41) is 10.6. The van der Waals surface area contributed by atoms with E-state index in [1.807, 2.05) is 0 Å². The SMILES string of the molecule is CC1CCC(CN)(C2(O)CCOC2)CC1. The molecule has 0 aromatic rings. The van der Waals surface area contributed by atoms with Crippen LogP contribution in [0, 0.1) is 11.3 Å². The maximum Gasteiger partial charge on any atom is 0.0969 e. The molecule has 2 aliphatic rings. The first kappa shape index (κ1) is 11.4. The lowest BCUT2D eigenvalue weighted by Crippen LogP contribution is -2.54. The fourth-order valence-corrected chi connectivity index (χ4v) is 3.15. The molecule has 3 N–H and O–H groups in total. The van der Waals surface area contributed by atoms with Gasteiger partial charge in [-0.25, -0.2) is 0 Å². The van der Waals surface area contributed by atoms with Crippen molar-refractivity contribution in [2.24, 2.45) is 17.1 Å². The molecule has 0 amide bonds. The van der Waals surface area contributed by atoms with Gasteiger partial charge in [0.15, 0.2) is 0 Å². The third kappa shape index (κ3) is 1.81. The van der Waals surface area contributed by atoms with E-state index in [9.17, 15) is 5.11 Å². The Labute approximate surface area is 92.0 Å². The molecule has 3 nitrogen and oxygen atoms in total. The molecule has 3 heteroatoms. The zero-order chi connectivity index (χ0) is 10.9. The predicted octanol–water partition coefficient (Wildman–Crippen LogP) is 1.29. The number of hydrogen-bond donors (Lipinski definition) is 2. The summed E-state index contributed by atoms with van der Waals surface area (Å²) >= 11 is 0. The molecule has 0 radical (unpaired) electrons. The summed E-state index contributed by atoms with van der Waals surface area (Å²) in [7, 11) is 0. The summed E-state index contributed by atoms with van der Waals surface area (Å²) in [5.41, 5.74) is 5.21. The van der Waals surface area contributed by atoms with E-state index in [0.717, 1.165) is 25.2 Å². The Morgan fingerprint density at radius 2 is 2.00 bits per heavy atom. The average molecular weight is 213 g/mol. The van der Waals surface area contributed by atoms with Crippen molar-refractivity contribution >= 4 is 0 Å². The summed E-state index contributed by atoms with van der Waals surface area (Å²) in [6, 6.07) is 0. The molecular weight excluding hydrogens is 190 g/mol. The van der Waals surface area contributed by atoms with Gasteiger partial charge in [-0.05, 0) is 18.8 Å². The average Bonchev–Trinajstić information content (AvgIpc) is 2.68. The van der Waals surface area contributed by atoms with Crippen LogP contribution in [0.3, 0.4) is 0 Å². The Morgan fingerprint density at radius 3 is 2.47 bits per heavy atom. The van der Waals surface area contributed by atoms with Crippen molar-refractivity contribution in [2.45, 2.75) is 44.6 Å². The molecule has 2 fully saturated rings. The highest BCUT2D eigenvalue weighted by molar-refractivity contribution is 5.03. The first-order chi connectivity index (χ1) is 7.12. The molecule has 1 heterocycles. The van der Waals surface area contributed by atoms with Gasteiger partial charge in [0, 0.05) is 25.0 Å². The van der Waals surface area contributed by atoms with Crippen LogP contribution >= 0.6 is 0 Å². The molecule has 1 aliphatic carbocycles. The fraction of sp³-hybridized carbons (Fsp3) is 1.00. The van der Waals surface area contributed by atoms with Crippen molar-refractivity contribution in [3.63, 3.8) is 0 Å². The third-order valence-corrected chi connectivity index (χ3v) is 4.61. The van der Waals surface area contributed by atoms with Crippen LogP contribution in [0.25, 0.3) is 0 Å². The van der Waals surface area contributed by atoms with E-state index in [1.54, 1.807) is 0 Å². The van der Waals surface area contributed by atoms with Crippen molar-refractivity contribution in [3.05, 3.63) is 0 Å². The fourth-order valence-electron chi connectivity index (χ4n) is 3.15. The van der Waals surface area contributed by atoms with Gasteiger partial charge in [0.1, 0.15) is 0 Å². The number of ether oxygens (including phenoxy) is 1. The van der Waals surface area contributed by atoms with E-state index in [1.165, 1.54) is 12.8 Å². The van der Waals surface area contributed by atoms with Gasteiger partial charge in [0.25, 0.3) is 0 Å². The van der Waals surface area contributed by atoms with Gasteiger partial charge in [-0.15, -0.1) is 0 Å². The second kappa shape index (κ2) is 4.04. The Kier molecular flexibility index (Phi) is 3.06. The molecule has 1 saturated heterocycles. The van der Waals surface area contributed by atoms with Gasteiger partial charge < -0.3 is 15.6 Å². The van der Waals surface area contributed by atoms with Crippen molar-refractivity contribution in [1.82, 2.24) is 0 Å².